The van der Waals surface area contributed by atoms with E-state index in [0.29, 0.717) is 0 Å². The van der Waals surface area contributed by atoms with Gasteiger partial charge in [0.2, 0.25) is 11.8 Å². The van der Waals surface area contributed by atoms with Gasteiger partial charge < -0.3 is 10.1 Å². The molecule has 3 aliphatic carbocycles. The number of halogens is 3. The van der Waals surface area contributed by atoms with Gasteiger partial charge in [0.25, 0.3) is 5.91 Å². The fraction of sp³-hybridized carbons (Fsp3) is 0.267. The highest BCUT2D eigenvalue weighted by Crippen LogP contribution is 2.61. The molecule has 3 atom stereocenters. The van der Waals surface area contributed by atoms with Gasteiger partial charge in [-0.1, -0.05) is 54.6 Å². The highest BCUT2D eigenvalue weighted by atomic mass is 19.4. The average Bonchev–Trinajstić information content (AvgIpc) is 3.21. The number of carbonyl (C=O) groups excluding carboxylic acids is 4. The van der Waals surface area contributed by atoms with Crippen molar-refractivity contribution in [2.75, 3.05) is 11.9 Å². The van der Waals surface area contributed by atoms with Crippen LogP contribution in [0.25, 0.3) is 0 Å². The van der Waals surface area contributed by atoms with Crippen LogP contribution in [0.3, 0.4) is 0 Å². The molecule has 7 rings (SSSR count). The molecule has 0 saturated carbocycles. The maximum absolute atomic E-state index is 13.7. The summed E-state index contributed by atoms with van der Waals surface area (Å²) in [5, 5.41) is 2.25. The van der Waals surface area contributed by atoms with Gasteiger partial charge in [-0.15, -0.1) is 0 Å². The molecule has 3 aromatic carbocycles. The van der Waals surface area contributed by atoms with E-state index in [9.17, 15) is 32.3 Å². The van der Waals surface area contributed by atoms with E-state index >= 15 is 0 Å². The Morgan fingerprint density at radius 3 is 1.82 bits per heavy atom. The number of imide groups is 1. The van der Waals surface area contributed by atoms with Crippen LogP contribution in [0, 0.1) is 11.8 Å². The van der Waals surface area contributed by atoms with E-state index in [1.807, 2.05) is 48.5 Å². The summed E-state index contributed by atoms with van der Waals surface area (Å²) in [5.41, 5.74) is 2.93. The second-order valence-electron chi connectivity index (χ2n) is 10.2. The minimum absolute atomic E-state index is 0.118. The fourth-order valence-corrected chi connectivity index (χ4v) is 6.42. The van der Waals surface area contributed by atoms with Crippen molar-refractivity contribution in [3.8, 4) is 0 Å². The van der Waals surface area contributed by atoms with Gasteiger partial charge >= 0.3 is 12.1 Å². The molecule has 1 fully saturated rings. The summed E-state index contributed by atoms with van der Waals surface area (Å²) in [4.78, 5) is 53.6. The fourth-order valence-electron chi connectivity index (χ4n) is 6.42. The quantitative estimate of drug-likeness (QED) is 0.375. The summed E-state index contributed by atoms with van der Waals surface area (Å²) < 4.78 is 43.9. The lowest BCUT2D eigenvalue weighted by Crippen LogP contribution is -2.45. The number of amides is 3. The van der Waals surface area contributed by atoms with Crippen molar-refractivity contribution in [2.45, 2.75) is 31.0 Å². The SMILES string of the molecule is C[C@H](C(=O)OCC(=O)Nc1cccc(C(F)(F)F)c1)N1C(=O)[C@@H]2C3c4ccccc4C(c4ccccc43)[C@H]2C1=O. The Balaban J connectivity index is 1.18. The van der Waals surface area contributed by atoms with Crippen molar-refractivity contribution in [3.05, 3.63) is 101 Å². The zero-order valence-electron chi connectivity index (χ0n) is 21.1. The first-order valence-corrected chi connectivity index (χ1v) is 12.8. The lowest BCUT2D eigenvalue weighted by atomic mass is 9.55. The molecule has 0 spiro atoms. The molecule has 0 aromatic heterocycles. The Morgan fingerprint density at radius 2 is 1.35 bits per heavy atom. The van der Waals surface area contributed by atoms with E-state index in [4.69, 9.17) is 4.74 Å². The molecule has 1 saturated heterocycles. The third-order valence-corrected chi connectivity index (χ3v) is 8.03. The van der Waals surface area contributed by atoms with Gasteiger partial charge in [0, 0.05) is 17.5 Å². The number of ether oxygens (including phenoxy) is 1. The average molecular weight is 549 g/mol. The number of alkyl halides is 3. The number of nitrogens with one attached hydrogen (secondary N) is 1. The molecule has 0 unspecified atom stereocenters. The van der Waals surface area contributed by atoms with Gasteiger partial charge in [0.15, 0.2) is 6.61 Å². The molecular formula is C30H23F3N2O5. The number of esters is 1. The minimum Gasteiger partial charge on any atom is -0.454 e. The molecule has 3 aromatic rings. The molecule has 204 valence electrons. The molecule has 2 bridgehead atoms. The molecule has 4 aliphatic rings. The standard InChI is InChI=1S/C30H23F3N2O5/c1-15(29(39)40-14-22(36)34-17-8-6-7-16(13-17)30(31,32)33)35-27(37)25-23-18-9-2-3-10-19(18)24(26(25)28(35)38)21-12-5-4-11-20(21)23/h2-13,15,23-26H,14H2,1H3,(H,34,36)/t15-,23?,24?,25-,26-/m1/s1. The van der Waals surface area contributed by atoms with Crippen LogP contribution in [-0.2, 0) is 30.1 Å². The van der Waals surface area contributed by atoms with E-state index in [-0.39, 0.29) is 17.5 Å². The van der Waals surface area contributed by atoms with Crippen molar-refractivity contribution in [2.24, 2.45) is 11.8 Å². The first-order valence-electron chi connectivity index (χ1n) is 12.8. The Kier molecular flexibility index (Phi) is 6.01. The molecule has 7 nitrogen and oxygen atoms in total. The van der Waals surface area contributed by atoms with Crippen LogP contribution in [0.1, 0.15) is 46.6 Å². The third-order valence-electron chi connectivity index (χ3n) is 8.03. The molecule has 1 aliphatic heterocycles. The van der Waals surface area contributed by atoms with Crippen LogP contribution in [-0.4, -0.2) is 41.2 Å². The van der Waals surface area contributed by atoms with Crippen molar-refractivity contribution in [1.82, 2.24) is 4.90 Å². The smallest absolute Gasteiger partial charge is 0.416 e. The van der Waals surface area contributed by atoms with E-state index in [0.717, 1.165) is 45.4 Å². The number of carbonyl (C=O) groups is 4. The first-order chi connectivity index (χ1) is 19.1. The summed E-state index contributed by atoms with van der Waals surface area (Å²) >= 11 is 0. The van der Waals surface area contributed by atoms with Crippen LogP contribution < -0.4 is 5.32 Å². The van der Waals surface area contributed by atoms with Gasteiger partial charge in [-0.05, 0) is 47.4 Å². The zero-order chi connectivity index (χ0) is 28.3. The number of benzene rings is 3. The second-order valence-corrected chi connectivity index (χ2v) is 10.2. The lowest BCUT2D eigenvalue weighted by molar-refractivity contribution is -0.159. The number of nitrogens with zero attached hydrogens (tertiary/aromatic N) is 1. The van der Waals surface area contributed by atoms with Gasteiger partial charge in [-0.3, -0.25) is 19.3 Å². The topological polar surface area (TPSA) is 92.8 Å². The van der Waals surface area contributed by atoms with Crippen molar-refractivity contribution in [3.63, 3.8) is 0 Å². The number of rotatable bonds is 5. The van der Waals surface area contributed by atoms with Crippen LogP contribution >= 0.6 is 0 Å². The maximum atomic E-state index is 13.7. The van der Waals surface area contributed by atoms with E-state index in [1.54, 1.807) is 0 Å². The van der Waals surface area contributed by atoms with E-state index in [1.165, 1.54) is 13.0 Å². The number of hydrogen-bond acceptors (Lipinski definition) is 5. The molecule has 0 radical (unpaired) electrons. The highest BCUT2D eigenvalue weighted by molar-refractivity contribution is 6.10. The minimum atomic E-state index is -4.59. The molecule has 1 N–H and O–H groups in total. The number of anilines is 1. The zero-order valence-corrected chi connectivity index (χ0v) is 21.1. The summed E-state index contributed by atoms with van der Waals surface area (Å²) in [6.45, 7) is 0.562. The van der Waals surface area contributed by atoms with Gasteiger partial charge in [-0.25, -0.2) is 4.79 Å². The molecule has 40 heavy (non-hydrogen) atoms. The van der Waals surface area contributed by atoms with Gasteiger partial charge in [-0.2, -0.15) is 13.2 Å². The molecule has 10 heteroatoms. The monoisotopic (exact) mass is 548 g/mol. The van der Waals surface area contributed by atoms with Gasteiger partial charge in [0.05, 0.1) is 17.4 Å². The van der Waals surface area contributed by atoms with Crippen molar-refractivity contribution < 1.29 is 37.1 Å². The summed E-state index contributed by atoms with van der Waals surface area (Å²) in [6.07, 6.45) is -4.59. The van der Waals surface area contributed by atoms with Crippen LogP contribution in [0.4, 0.5) is 18.9 Å². The third kappa shape index (κ3) is 3.97. The highest BCUT2D eigenvalue weighted by Gasteiger charge is 2.62. The van der Waals surface area contributed by atoms with Crippen LogP contribution in [0.15, 0.2) is 72.8 Å². The van der Waals surface area contributed by atoms with E-state index in [2.05, 4.69) is 5.32 Å². The number of hydrogen-bond donors (Lipinski definition) is 1. The van der Waals surface area contributed by atoms with E-state index < -0.39 is 59.9 Å². The lowest BCUT2D eigenvalue weighted by Gasteiger charge is -2.45. The normalized spacial score (nSPS) is 23.2. The van der Waals surface area contributed by atoms with Crippen molar-refractivity contribution >= 4 is 29.4 Å². The summed E-state index contributed by atoms with van der Waals surface area (Å²) in [6, 6.07) is 18.2. The Hall–Kier alpha value is -4.47. The molecule has 1 heterocycles. The summed E-state index contributed by atoms with van der Waals surface area (Å²) in [7, 11) is 0. The summed E-state index contributed by atoms with van der Waals surface area (Å²) in [5.74, 6) is -4.75. The molecule has 3 amide bonds. The Morgan fingerprint density at radius 1 is 0.850 bits per heavy atom. The predicted octanol–water partition coefficient (Wildman–Crippen LogP) is 4.47. The predicted molar refractivity (Wildman–Crippen MR) is 136 cm³/mol. The Labute approximate surface area is 226 Å². The molecular weight excluding hydrogens is 525 g/mol. The van der Waals surface area contributed by atoms with Crippen molar-refractivity contribution in [1.29, 1.82) is 0 Å². The number of likely N-dealkylation sites (tertiary alicyclic amines) is 1. The Bertz CT molecular complexity index is 1450. The van der Waals surface area contributed by atoms with Crippen LogP contribution in [0.2, 0.25) is 0 Å². The first kappa shape index (κ1) is 25.8. The maximum Gasteiger partial charge on any atom is 0.416 e. The van der Waals surface area contributed by atoms with Crippen LogP contribution in [0.5, 0.6) is 0 Å². The second kappa shape index (κ2) is 9.32. The van der Waals surface area contributed by atoms with Gasteiger partial charge in [0.1, 0.15) is 6.04 Å². The largest absolute Gasteiger partial charge is 0.454 e.